The van der Waals surface area contributed by atoms with Crippen LogP contribution >= 0.6 is 0 Å². The SMILES string of the molecule is CC(C)CCN1CCC(NCc2ccc(-c3noc(-c4cccnc4)n3)cc2)CC1. The highest BCUT2D eigenvalue weighted by Gasteiger charge is 2.18. The zero-order chi connectivity index (χ0) is 20.8. The molecule has 0 amide bonds. The maximum absolute atomic E-state index is 5.38. The second kappa shape index (κ2) is 9.96. The summed E-state index contributed by atoms with van der Waals surface area (Å²) in [6.07, 6.45) is 7.21. The minimum absolute atomic E-state index is 0.489. The summed E-state index contributed by atoms with van der Waals surface area (Å²) in [4.78, 5) is 11.2. The molecule has 1 aliphatic rings. The maximum atomic E-state index is 5.38. The summed E-state index contributed by atoms with van der Waals surface area (Å²) in [6.45, 7) is 9.16. The van der Waals surface area contributed by atoms with Gasteiger partial charge in [-0.25, -0.2) is 0 Å². The first-order chi connectivity index (χ1) is 14.7. The largest absolute Gasteiger partial charge is 0.334 e. The number of nitrogens with zero attached hydrogens (tertiary/aromatic N) is 4. The van der Waals surface area contributed by atoms with Gasteiger partial charge in [-0.1, -0.05) is 43.3 Å². The minimum atomic E-state index is 0.489. The molecule has 0 unspecified atom stereocenters. The van der Waals surface area contributed by atoms with Crippen LogP contribution < -0.4 is 5.32 Å². The fourth-order valence-electron chi connectivity index (χ4n) is 3.78. The first kappa shape index (κ1) is 20.7. The van der Waals surface area contributed by atoms with Crippen LogP contribution in [0.4, 0.5) is 0 Å². The van der Waals surface area contributed by atoms with Crippen molar-refractivity contribution in [3.8, 4) is 22.8 Å². The van der Waals surface area contributed by atoms with Crippen molar-refractivity contribution >= 4 is 0 Å². The monoisotopic (exact) mass is 405 g/mol. The third-order valence-corrected chi connectivity index (χ3v) is 5.75. The van der Waals surface area contributed by atoms with Crippen LogP contribution in [0, 0.1) is 5.92 Å². The molecular weight excluding hydrogens is 374 g/mol. The lowest BCUT2D eigenvalue weighted by atomic mass is 10.0. The van der Waals surface area contributed by atoms with Crippen molar-refractivity contribution in [1.29, 1.82) is 0 Å². The minimum Gasteiger partial charge on any atom is -0.334 e. The average molecular weight is 406 g/mol. The molecule has 1 aliphatic heterocycles. The number of hydrogen-bond acceptors (Lipinski definition) is 6. The normalized spacial score (nSPS) is 15.7. The van der Waals surface area contributed by atoms with Crippen molar-refractivity contribution < 1.29 is 4.52 Å². The summed E-state index contributed by atoms with van der Waals surface area (Å²) >= 11 is 0. The van der Waals surface area contributed by atoms with E-state index in [1.807, 2.05) is 12.1 Å². The number of rotatable bonds is 8. The Balaban J connectivity index is 1.26. The Labute approximate surface area is 178 Å². The van der Waals surface area contributed by atoms with Crippen LogP contribution in [0.15, 0.2) is 53.3 Å². The Kier molecular flexibility index (Phi) is 6.87. The Morgan fingerprint density at radius 3 is 2.60 bits per heavy atom. The van der Waals surface area contributed by atoms with Gasteiger partial charge < -0.3 is 14.7 Å². The van der Waals surface area contributed by atoms with Gasteiger partial charge in [0.05, 0.1) is 5.56 Å². The van der Waals surface area contributed by atoms with Crippen LogP contribution in [0.2, 0.25) is 0 Å². The van der Waals surface area contributed by atoms with E-state index in [9.17, 15) is 0 Å². The topological polar surface area (TPSA) is 67.1 Å². The quantitative estimate of drug-likeness (QED) is 0.599. The lowest BCUT2D eigenvalue weighted by Gasteiger charge is -2.32. The molecule has 0 atom stereocenters. The zero-order valence-electron chi connectivity index (χ0n) is 17.9. The molecule has 1 fully saturated rings. The first-order valence-corrected chi connectivity index (χ1v) is 11.0. The van der Waals surface area contributed by atoms with E-state index in [1.165, 1.54) is 44.5 Å². The molecule has 6 nitrogen and oxygen atoms in total. The molecular formula is C24H31N5O. The number of benzene rings is 1. The number of pyridine rings is 1. The highest BCUT2D eigenvalue weighted by molar-refractivity contribution is 5.59. The molecule has 4 rings (SSSR count). The van der Waals surface area contributed by atoms with Gasteiger partial charge in [0.25, 0.3) is 5.89 Å². The maximum Gasteiger partial charge on any atom is 0.259 e. The Bertz CT molecular complexity index is 899. The predicted molar refractivity (Wildman–Crippen MR) is 119 cm³/mol. The molecule has 0 spiro atoms. The highest BCUT2D eigenvalue weighted by atomic mass is 16.5. The molecule has 1 aromatic carbocycles. The Morgan fingerprint density at radius 1 is 1.10 bits per heavy atom. The summed E-state index contributed by atoms with van der Waals surface area (Å²) < 4.78 is 5.38. The second-order valence-corrected chi connectivity index (χ2v) is 8.54. The van der Waals surface area contributed by atoms with Crippen LogP contribution in [0.1, 0.15) is 38.7 Å². The van der Waals surface area contributed by atoms with E-state index in [0.717, 1.165) is 23.6 Å². The molecule has 158 valence electrons. The molecule has 6 heteroatoms. The zero-order valence-corrected chi connectivity index (χ0v) is 17.9. The molecule has 2 aromatic heterocycles. The summed E-state index contributed by atoms with van der Waals surface area (Å²) in [7, 11) is 0. The lowest BCUT2D eigenvalue weighted by molar-refractivity contribution is 0.189. The fraction of sp³-hybridized carbons (Fsp3) is 0.458. The van der Waals surface area contributed by atoms with Crippen molar-refractivity contribution in [3.63, 3.8) is 0 Å². The standard InChI is InChI=1S/C24H31N5O/c1-18(2)9-13-29-14-10-22(11-15-29)26-16-19-5-7-20(8-6-19)23-27-24(30-28-23)21-4-3-12-25-17-21/h3-8,12,17-18,22,26H,9-11,13-16H2,1-2H3. The van der Waals surface area contributed by atoms with Crippen molar-refractivity contribution in [3.05, 3.63) is 54.4 Å². The van der Waals surface area contributed by atoms with E-state index in [4.69, 9.17) is 4.52 Å². The molecule has 1 saturated heterocycles. The Morgan fingerprint density at radius 2 is 1.90 bits per heavy atom. The van der Waals surface area contributed by atoms with Gasteiger partial charge in [0.15, 0.2) is 0 Å². The number of piperidine rings is 1. The molecule has 0 saturated carbocycles. The van der Waals surface area contributed by atoms with Crippen LogP contribution in [0.3, 0.4) is 0 Å². The highest BCUT2D eigenvalue weighted by Crippen LogP contribution is 2.22. The molecule has 0 bridgehead atoms. The van der Waals surface area contributed by atoms with E-state index >= 15 is 0 Å². The Hall–Kier alpha value is -2.57. The summed E-state index contributed by atoms with van der Waals surface area (Å²) in [5.41, 5.74) is 3.06. The number of likely N-dealkylation sites (tertiary alicyclic amines) is 1. The van der Waals surface area contributed by atoms with E-state index in [0.29, 0.717) is 17.8 Å². The predicted octanol–water partition coefficient (Wildman–Crippen LogP) is 4.40. The van der Waals surface area contributed by atoms with Gasteiger partial charge in [0, 0.05) is 30.5 Å². The van der Waals surface area contributed by atoms with Gasteiger partial charge in [-0.3, -0.25) is 4.98 Å². The average Bonchev–Trinajstić information content (AvgIpc) is 3.28. The van der Waals surface area contributed by atoms with E-state index in [2.05, 4.69) is 63.5 Å². The summed E-state index contributed by atoms with van der Waals surface area (Å²) in [5.74, 6) is 1.88. The van der Waals surface area contributed by atoms with Crippen LogP contribution in [0.5, 0.6) is 0 Å². The molecule has 1 N–H and O–H groups in total. The van der Waals surface area contributed by atoms with Crippen LogP contribution in [0.25, 0.3) is 22.8 Å². The van der Waals surface area contributed by atoms with E-state index in [-0.39, 0.29) is 0 Å². The fourth-order valence-corrected chi connectivity index (χ4v) is 3.78. The summed E-state index contributed by atoms with van der Waals surface area (Å²) in [5, 5.41) is 7.84. The molecule has 0 radical (unpaired) electrons. The smallest absolute Gasteiger partial charge is 0.259 e. The molecule has 30 heavy (non-hydrogen) atoms. The van der Waals surface area contributed by atoms with Gasteiger partial charge >= 0.3 is 0 Å². The van der Waals surface area contributed by atoms with Crippen molar-refractivity contribution in [2.75, 3.05) is 19.6 Å². The third kappa shape index (κ3) is 5.52. The molecule has 3 aromatic rings. The van der Waals surface area contributed by atoms with Gasteiger partial charge in [-0.15, -0.1) is 0 Å². The van der Waals surface area contributed by atoms with Crippen LogP contribution in [-0.2, 0) is 6.54 Å². The summed E-state index contributed by atoms with van der Waals surface area (Å²) in [6, 6.07) is 12.8. The van der Waals surface area contributed by atoms with Gasteiger partial charge in [0.2, 0.25) is 5.82 Å². The number of nitrogens with one attached hydrogen (secondary N) is 1. The van der Waals surface area contributed by atoms with Crippen molar-refractivity contribution in [1.82, 2.24) is 25.3 Å². The van der Waals surface area contributed by atoms with Gasteiger partial charge in [-0.05, 0) is 62.5 Å². The first-order valence-electron chi connectivity index (χ1n) is 11.0. The van der Waals surface area contributed by atoms with Gasteiger partial charge in [-0.2, -0.15) is 4.98 Å². The van der Waals surface area contributed by atoms with Crippen molar-refractivity contribution in [2.24, 2.45) is 5.92 Å². The van der Waals surface area contributed by atoms with Crippen molar-refractivity contribution in [2.45, 2.75) is 45.7 Å². The van der Waals surface area contributed by atoms with E-state index < -0.39 is 0 Å². The van der Waals surface area contributed by atoms with Gasteiger partial charge in [0.1, 0.15) is 0 Å². The van der Waals surface area contributed by atoms with E-state index in [1.54, 1.807) is 12.4 Å². The second-order valence-electron chi connectivity index (χ2n) is 8.54. The number of hydrogen-bond donors (Lipinski definition) is 1. The van der Waals surface area contributed by atoms with Crippen LogP contribution in [-0.4, -0.2) is 45.7 Å². The molecule has 3 heterocycles. The molecule has 0 aliphatic carbocycles. The number of aromatic nitrogens is 3. The third-order valence-electron chi connectivity index (χ3n) is 5.75. The lowest BCUT2D eigenvalue weighted by Crippen LogP contribution is -2.42.